The van der Waals surface area contributed by atoms with E-state index in [0.717, 1.165) is 44.2 Å². The second-order valence-electron chi connectivity index (χ2n) is 8.18. The largest absolute Gasteiger partial charge is 0.341 e. The van der Waals surface area contributed by atoms with Crippen LogP contribution in [0.3, 0.4) is 0 Å². The molecule has 0 aromatic heterocycles. The van der Waals surface area contributed by atoms with Crippen molar-refractivity contribution in [2.24, 2.45) is 5.92 Å². The Morgan fingerprint density at radius 3 is 2.18 bits per heavy atom. The number of nitrogens with zero attached hydrogens (tertiary/aromatic N) is 2. The first kappa shape index (κ1) is 20.6. The van der Waals surface area contributed by atoms with Crippen molar-refractivity contribution in [3.8, 4) is 0 Å². The van der Waals surface area contributed by atoms with E-state index in [2.05, 4.69) is 0 Å². The Labute approximate surface area is 168 Å². The number of carbonyl (C=O) groups is 3. The molecule has 0 N–H and O–H groups in total. The lowest BCUT2D eigenvalue weighted by atomic mass is 9.88. The van der Waals surface area contributed by atoms with Crippen molar-refractivity contribution >= 4 is 17.6 Å². The van der Waals surface area contributed by atoms with Crippen LogP contribution in [0.5, 0.6) is 0 Å². The minimum absolute atomic E-state index is 0.0114. The fourth-order valence-corrected chi connectivity index (χ4v) is 4.26. The fraction of sp³-hybridized carbons (Fsp3) is 0.609. The van der Waals surface area contributed by atoms with Crippen molar-refractivity contribution in [1.82, 2.24) is 9.80 Å². The number of carbonyl (C=O) groups excluding carboxylic acids is 3. The summed E-state index contributed by atoms with van der Waals surface area (Å²) in [7, 11) is 0. The first-order valence-corrected chi connectivity index (χ1v) is 10.7. The number of hydrogen-bond donors (Lipinski definition) is 0. The summed E-state index contributed by atoms with van der Waals surface area (Å²) in [6.07, 6.45) is 6.88. The molecule has 5 nitrogen and oxygen atoms in total. The number of aryl methyl sites for hydroxylation is 1. The van der Waals surface area contributed by atoms with Crippen molar-refractivity contribution < 1.29 is 14.4 Å². The van der Waals surface area contributed by atoms with E-state index < -0.39 is 0 Å². The van der Waals surface area contributed by atoms with E-state index in [0.29, 0.717) is 25.2 Å². The first-order chi connectivity index (χ1) is 13.5. The van der Waals surface area contributed by atoms with E-state index in [1.807, 2.05) is 41.0 Å². The lowest BCUT2D eigenvalue weighted by Gasteiger charge is -2.28. The van der Waals surface area contributed by atoms with Crippen LogP contribution in [0, 0.1) is 12.8 Å². The van der Waals surface area contributed by atoms with Crippen LogP contribution in [0.25, 0.3) is 0 Å². The van der Waals surface area contributed by atoms with Crippen molar-refractivity contribution in [2.75, 3.05) is 26.2 Å². The number of hydrogen-bond acceptors (Lipinski definition) is 3. The predicted octanol–water partition coefficient (Wildman–Crippen LogP) is 3.60. The zero-order valence-corrected chi connectivity index (χ0v) is 17.0. The highest BCUT2D eigenvalue weighted by Crippen LogP contribution is 2.26. The van der Waals surface area contributed by atoms with Crippen LogP contribution in [0.1, 0.15) is 67.3 Å². The third-order valence-corrected chi connectivity index (χ3v) is 6.05. The van der Waals surface area contributed by atoms with Gasteiger partial charge in [-0.2, -0.15) is 0 Å². The summed E-state index contributed by atoms with van der Waals surface area (Å²) in [5.74, 6) is 0.497. The highest BCUT2D eigenvalue weighted by molar-refractivity contribution is 5.98. The Morgan fingerprint density at radius 2 is 1.46 bits per heavy atom. The SMILES string of the molecule is Cc1ccc(C(=O)CCC(=O)N2CCCN(C(=O)C3CCCCC3)CC2)cc1. The molecule has 1 saturated heterocycles. The summed E-state index contributed by atoms with van der Waals surface area (Å²) in [5, 5.41) is 0. The molecule has 1 aromatic rings. The molecular weight excluding hydrogens is 352 g/mol. The molecule has 1 heterocycles. The van der Waals surface area contributed by atoms with Crippen LogP contribution in [-0.4, -0.2) is 53.6 Å². The average molecular weight is 385 g/mol. The van der Waals surface area contributed by atoms with Gasteiger partial charge in [0.1, 0.15) is 0 Å². The highest BCUT2D eigenvalue weighted by atomic mass is 16.2. The molecule has 2 aliphatic rings. The molecule has 0 atom stereocenters. The van der Waals surface area contributed by atoms with E-state index >= 15 is 0 Å². The number of amides is 2. The number of benzene rings is 1. The molecule has 28 heavy (non-hydrogen) atoms. The summed E-state index contributed by atoms with van der Waals surface area (Å²) in [6, 6.07) is 7.48. The first-order valence-electron chi connectivity index (χ1n) is 10.7. The Kier molecular flexibility index (Phi) is 7.24. The molecule has 2 amide bonds. The normalized spacial score (nSPS) is 18.6. The quantitative estimate of drug-likeness (QED) is 0.729. The zero-order chi connectivity index (χ0) is 19.9. The molecule has 0 radical (unpaired) electrons. The number of rotatable bonds is 5. The minimum Gasteiger partial charge on any atom is -0.341 e. The molecule has 1 aromatic carbocycles. The molecule has 0 bridgehead atoms. The molecule has 1 aliphatic heterocycles. The Bertz CT molecular complexity index is 692. The third-order valence-electron chi connectivity index (χ3n) is 6.05. The molecular formula is C23H32N2O3. The lowest BCUT2D eigenvalue weighted by Crippen LogP contribution is -2.40. The fourth-order valence-electron chi connectivity index (χ4n) is 4.26. The molecule has 1 aliphatic carbocycles. The lowest BCUT2D eigenvalue weighted by molar-refractivity contribution is -0.137. The van der Waals surface area contributed by atoms with Crippen molar-refractivity contribution in [1.29, 1.82) is 0 Å². The number of Topliss-reactive ketones (excluding diaryl/α,β-unsaturated/α-hetero) is 1. The van der Waals surface area contributed by atoms with Gasteiger partial charge in [-0.1, -0.05) is 49.1 Å². The van der Waals surface area contributed by atoms with Crippen LogP contribution in [-0.2, 0) is 9.59 Å². The van der Waals surface area contributed by atoms with Crippen LogP contribution in [0.4, 0.5) is 0 Å². The van der Waals surface area contributed by atoms with Gasteiger partial charge in [-0.3, -0.25) is 14.4 Å². The molecule has 5 heteroatoms. The second-order valence-corrected chi connectivity index (χ2v) is 8.18. The molecule has 1 saturated carbocycles. The van der Waals surface area contributed by atoms with Crippen molar-refractivity contribution in [2.45, 2.75) is 58.3 Å². The monoisotopic (exact) mass is 384 g/mol. The van der Waals surface area contributed by atoms with Gasteiger partial charge in [-0.15, -0.1) is 0 Å². The Balaban J connectivity index is 1.46. The van der Waals surface area contributed by atoms with Crippen LogP contribution in [0.15, 0.2) is 24.3 Å². The Hall–Kier alpha value is -2.17. The second kappa shape index (κ2) is 9.85. The van der Waals surface area contributed by atoms with Crippen molar-refractivity contribution in [3.05, 3.63) is 35.4 Å². The van der Waals surface area contributed by atoms with E-state index in [4.69, 9.17) is 0 Å². The molecule has 3 rings (SSSR count). The van der Waals surface area contributed by atoms with Gasteiger partial charge >= 0.3 is 0 Å². The van der Waals surface area contributed by atoms with Crippen LogP contribution in [0.2, 0.25) is 0 Å². The summed E-state index contributed by atoms with van der Waals surface area (Å²) in [6.45, 7) is 4.59. The summed E-state index contributed by atoms with van der Waals surface area (Å²) in [5.41, 5.74) is 1.78. The minimum atomic E-state index is 0.0114. The number of ketones is 1. The molecule has 152 valence electrons. The summed E-state index contributed by atoms with van der Waals surface area (Å²) >= 11 is 0. The van der Waals surface area contributed by atoms with Gasteiger partial charge in [0.05, 0.1) is 0 Å². The maximum atomic E-state index is 12.8. The van der Waals surface area contributed by atoms with Crippen molar-refractivity contribution in [3.63, 3.8) is 0 Å². The van der Waals surface area contributed by atoms with Gasteiger partial charge in [0.2, 0.25) is 11.8 Å². The summed E-state index contributed by atoms with van der Waals surface area (Å²) < 4.78 is 0. The van der Waals surface area contributed by atoms with Gasteiger partial charge in [0, 0.05) is 50.5 Å². The standard InChI is InChI=1S/C23H32N2O3/c1-18-8-10-19(11-9-18)21(26)12-13-22(27)24-14-5-15-25(17-16-24)23(28)20-6-3-2-4-7-20/h8-11,20H,2-7,12-17H2,1H3. The van der Waals surface area contributed by atoms with Gasteiger partial charge < -0.3 is 9.80 Å². The average Bonchev–Trinajstić information content (AvgIpc) is 2.99. The highest BCUT2D eigenvalue weighted by Gasteiger charge is 2.28. The maximum Gasteiger partial charge on any atom is 0.225 e. The van der Waals surface area contributed by atoms with Crippen LogP contribution >= 0.6 is 0 Å². The van der Waals surface area contributed by atoms with E-state index in [1.54, 1.807) is 0 Å². The molecule has 0 spiro atoms. The van der Waals surface area contributed by atoms with Gasteiger partial charge in [0.25, 0.3) is 0 Å². The van der Waals surface area contributed by atoms with Gasteiger partial charge in [0.15, 0.2) is 5.78 Å². The van der Waals surface area contributed by atoms with E-state index in [9.17, 15) is 14.4 Å². The Morgan fingerprint density at radius 1 is 0.821 bits per heavy atom. The predicted molar refractivity (Wildman–Crippen MR) is 109 cm³/mol. The molecule has 0 unspecified atom stereocenters. The third kappa shape index (κ3) is 5.43. The topological polar surface area (TPSA) is 57.7 Å². The van der Waals surface area contributed by atoms with E-state index in [1.165, 1.54) is 6.42 Å². The zero-order valence-electron chi connectivity index (χ0n) is 17.0. The smallest absolute Gasteiger partial charge is 0.225 e. The molecule has 2 fully saturated rings. The van der Waals surface area contributed by atoms with Crippen LogP contribution < -0.4 is 0 Å². The summed E-state index contributed by atoms with van der Waals surface area (Å²) in [4.78, 5) is 41.4. The van der Waals surface area contributed by atoms with Gasteiger partial charge in [-0.05, 0) is 26.2 Å². The van der Waals surface area contributed by atoms with Gasteiger partial charge in [-0.25, -0.2) is 0 Å². The van der Waals surface area contributed by atoms with E-state index in [-0.39, 0.29) is 36.4 Å². The maximum absolute atomic E-state index is 12.8.